The molecule has 0 saturated carbocycles. The van der Waals surface area contributed by atoms with Crippen LogP contribution in [0.2, 0.25) is 5.02 Å². The van der Waals surface area contributed by atoms with Crippen molar-refractivity contribution in [2.24, 2.45) is 0 Å². The van der Waals surface area contributed by atoms with Gasteiger partial charge in [-0.05, 0) is 24.3 Å². The summed E-state index contributed by atoms with van der Waals surface area (Å²) in [6, 6.07) is 8.06. The van der Waals surface area contributed by atoms with Gasteiger partial charge in [0.1, 0.15) is 12.4 Å². The summed E-state index contributed by atoms with van der Waals surface area (Å²) in [6.07, 6.45) is 3.16. The van der Waals surface area contributed by atoms with E-state index in [0.717, 1.165) is 5.56 Å². The van der Waals surface area contributed by atoms with Crippen molar-refractivity contribution in [2.45, 2.75) is 6.61 Å². The number of aromatic nitrogens is 1. The van der Waals surface area contributed by atoms with E-state index in [4.69, 9.17) is 21.4 Å². The van der Waals surface area contributed by atoms with Crippen molar-refractivity contribution in [3.05, 3.63) is 58.9 Å². The number of benzene rings is 1. The lowest BCUT2D eigenvalue weighted by Gasteiger charge is -2.07. The van der Waals surface area contributed by atoms with Crippen LogP contribution in [0.5, 0.6) is 5.75 Å². The molecule has 0 amide bonds. The Morgan fingerprint density at radius 2 is 2.22 bits per heavy atom. The second-order valence-corrected chi connectivity index (χ2v) is 4.00. The summed E-state index contributed by atoms with van der Waals surface area (Å²) >= 11 is 5.94. The van der Waals surface area contributed by atoms with E-state index in [1.165, 1.54) is 18.3 Å². The average molecular weight is 264 g/mol. The molecule has 5 heteroatoms. The quantitative estimate of drug-likeness (QED) is 0.921. The van der Waals surface area contributed by atoms with Crippen molar-refractivity contribution in [2.75, 3.05) is 0 Å². The second kappa shape index (κ2) is 5.51. The number of hydrogen-bond donors (Lipinski definition) is 1. The number of carboxylic acid groups (broad SMARTS) is 1. The van der Waals surface area contributed by atoms with Gasteiger partial charge in [-0.2, -0.15) is 0 Å². The van der Waals surface area contributed by atoms with Crippen molar-refractivity contribution in [1.29, 1.82) is 0 Å². The first kappa shape index (κ1) is 12.4. The fraction of sp³-hybridized carbons (Fsp3) is 0.0769. The zero-order chi connectivity index (χ0) is 13.0. The highest BCUT2D eigenvalue weighted by Gasteiger charge is 2.05. The number of aromatic carboxylic acids is 1. The van der Waals surface area contributed by atoms with E-state index in [1.807, 2.05) is 0 Å². The highest BCUT2D eigenvalue weighted by Crippen LogP contribution is 2.18. The summed E-state index contributed by atoms with van der Waals surface area (Å²) in [5, 5.41) is 9.37. The number of nitrogens with zero attached hydrogens (tertiary/aromatic N) is 1. The Kier molecular flexibility index (Phi) is 3.79. The summed E-state index contributed by atoms with van der Waals surface area (Å²) in [6.45, 7) is 0.268. The Bertz CT molecular complexity index is 572. The van der Waals surface area contributed by atoms with E-state index in [2.05, 4.69) is 4.98 Å². The monoisotopic (exact) mass is 263 g/mol. The number of carbonyl (C=O) groups is 1. The molecule has 0 aliphatic rings. The summed E-state index contributed by atoms with van der Waals surface area (Å²) in [4.78, 5) is 14.7. The third kappa shape index (κ3) is 2.99. The fourth-order valence-electron chi connectivity index (χ4n) is 1.40. The molecule has 0 aliphatic carbocycles. The Morgan fingerprint density at radius 3 is 2.94 bits per heavy atom. The fourth-order valence-corrected chi connectivity index (χ4v) is 1.57. The highest BCUT2D eigenvalue weighted by molar-refractivity contribution is 6.31. The molecule has 92 valence electrons. The maximum absolute atomic E-state index is 10.8. The highest BCUT2D eigenvalue weighted by atomic mass is 35.5. The normalized spacial score (nSPS) is 10.1. The minimum absolute atomic E-state index is 0.188. The minimum atomic E-state index is -0.984. The van der Waals surface area contributed by atoms with Gasteiger partial charge in [-0.25, -0.2) is 4.79 Å². The summed E-state index contributed by atoms with van der Waals surface area (Å²) in [7, 11) is 0. The van der Waals surface area contributed by atoms with Crippen LogP contribution >= 0.6 is 11.6 Å². The molecule has 1 aromatic heterocycles. The van der Waals surface area contributed by atoms with Gasteiger partial charge >= 0.3 is 5.97 Å². The molecule has 0 atom stereocenters. The lowest BCUT2D eigenvalue weighted by atomic mass is 10.2. The van der Waals surface area contributed by atoms with Crippen LogP contribution in [0.4, 0.5) is 0 Å². The van der Waals surface area contributed by atoms with Gasteiger partial charge in [-0.3, -0.25) is 4.98 Å². The smallest absolute Gasteiger partial charge is 0.335 e. The first-order chi connectivity index (χ1) is 8.66. The van der Waals surface area contributed by atoms with Crippen LogP contribution in [0.15, 0.2) is 42.7 Å². The van der Waals surface area contributed by atoms with Gasteiger partial charge in [-0.1, -0.05) is 17.7 Å². The standard InChI is InChI=1S/C13H10ClNO3/c14-12-7-15-5-4-10(12)8-18-11-3-1-2-9(6-11)13(16)17/h1-7H,8H2,(H,16,17). The number of carboxylic acids is 1. The molecule has 0 radical (unpaired) electrons. The van der Waals surface area contributed by atoms with Crippen molar-refractivity contribution in [3.63, 3.8) is 0 Å². The van der Waals surface area contributed by atoms with E-state index >= 15 is 0 Å². The summed E-state index contributed by atoms with van der Waals surface area (Å²) < 4.78 is 5.49. The first-order valence-corrected chi connectivity index (χ1v) is 5.59. The lowest BCUT2D eigenvalue weighted by Crippen LogP contribution is -1.99. The van der Waals surface area contributed by atoms with Crippen LogP contribution in [-0.2, 0) is 6.61 Å². The third-order valence-corrected chi connectivity index (χ3v) is 2.67. The average Bonchev–Trinajstić information content (AvgIpc) is 2.38. The molecule has 0 unspecified atom stereocenters. The van der Waals surface area contributed by atoms with Gasteiger partial charge in [0, 0.05) is 18.0 Å². The van der Waals surface area contributed by atoms with Gasteiger partial charge in [-0.15, -0.1) is 0 Å². The Labute approximate surface area is 109 Å². The zero-order valence-electron chi connectivity index (χ0n) is 9.34. The first-order valence-electron chi connectivity index (χ1n) is 5.21. The molecule has 0 saturated heterocycles. The van der Waals surface area contributed by atoms with Crippen molar-refractivity contribution in [3.8, 4) is 5.75 Å². The molecule has 0 bridgehead atoms. The molecule has 0 fully saturated rings. The molecule has 0 aliphatic heterocycles. The molecular weight excluding hydrogens is 254 g/mol. The number of hydrogen-bond acceptors (Lipinski definition) is 3. The van der Waals surface area contributed by atoms with E-state index < -0.39 is 5.97 Å². The maximum atomic E-state index is 10.8. The Morgan fingerprint density at radius 1 is 1.39 bits per heavy atom. The molecule has 1 heterocycles. The number of halogens is 1. The van der Waals surface area contributed by atoms with Gasteiger partial charge < -0.3 is 9.84 Å². The van der Waals surface area contributed by atoms with E-state index in [1.54, 1.807) is 24.4 Å². The topological polar surface area (TPSA) is 59.4 Å². The van der Waals surface area contributed by atoms with E-state index in [-0.39, 0.29) is 12.2 Å². The van der Waals surface area contributed by atoms with Crippen LogP contribution in [0, 0.1) is 0 Å². The Balaban J connectivity index is 2.09. The van der Waals surface area contributed by atoms with Crippen molar-refractivity contribution in [1.82, 2.24) is 4.98 Å². The molecule has 2 aromatic rings. The molecule has 1 N–H and O–H groups in total. The number of ether oxygens (including phenoxy) is 1. The molecule has 18 heavy (non-hydrogen) atoms. The minimum Gasteiger partial charge on any atom is -0.489 e. The van der Waals surface area contributed by atoms with Gasteiger partial charge in [0.25, 0.3) is 0 Å². The second-order valence-electron chi connectivity index (χ2n) is 3.59. The zero-order valence-corrected chi connectivity index (χ0v) is 10.1. The lowest BCUT2D eigenvalue weighted by molar-refractivity contribution is 0.0696. The molecular formula is C13H10ClNO3. The predicted octanol–water partition coefficient (Wildman–Crippen LogP) is 3.01. The number of pyridine rings is 1. The molecule has 4 nitrogen and oxygen atoms in total. The van der Waals surface area contributed by atoms with E-state index in [9.17, 15) is 4.79 Å². The van der Waals surface area contributed by atoms with E-state index in [0.29, 0.717) is 10.8 Å². The van der Waals surface area contributed by atoms with Gasteiger partial charge in [0.05, 0.1) is 10.6 Å². The van der Waals surface area contributed by atoms with Crippen LogP contribution < -0.4 is 4.74 Å². The molecule has 0 spiro atoms. The predicted molar refractivity (Wildman–Crippen MR) is 67.0 cm³/mol. The van der Waals surface area contributed by atoms with Crippen LogP contribution in [0.3, 0.4) is 0 Å². The molecule has 1 aromatic carbocycles. The van der Waals surface area contributed by atoms with Crippen molar-refractivity contribution < 1.29 is 14.6 Å². The van der Waals surface area contributed by atoms with Crippen molar-refractivity contribution >= 4 is 17.6 Å². The van der Waals surface area contributed by atoms with Gasteiger partial charge in [0.2, 0.25) is 0 Å². The maximum Gasteiger partial charge on any atom is 0.335 e. The third-order valence-electron chi connectivity index (χ3n) is 2.33. The Hall–Kier alpha value is -2.07. The van der Waals surface area contributed by atoms with Gasteiger partial charge in [0.15, 0.2) is 0 Å². The summed E-state index contributed by atoms with van der Waals surface area (Å²) in [5.41, 5.74) is 0.987. The number of rotatable bonds is 4. The van der Waals surface area contributed by atoms with Crippen LogP contribution in [-0.4, -0.2) is 16.1 Å². The van der Waals surface area contributed by atoms with Crippen LogP contribution in [0.25, 0.3) is 0 Å². The largest absolute Gasteiger partial charge is 0.489 e. The SMILES string of the molecule is O=C(O)c1cccc(OCc2ccncc2Cl)c1. The van der Waals surface area contributed by atoms with Crippen LogP contribution in [0.1, 0.15) is 15.9 Å². The summed E-state index contributed by atoms with van der Waals surface area (Å²) in [5.74, 6) is -0.495. The molecule has 2 rings (SSSR count).